The van der Waals surface area contributed by atoms with Crippen LogP contribution in [0.15, 0.2) is 46.8 Å². The average Bonchev–Trinajstić information content (AvgIpc) is 2.99. The number of piperazine rings is 1. The number of aromatic hydroxyl groups is 1. The Morgan fingerprint density at radius 2 is 2.07 bits per heavy atom. The molecule has 0 amide bonds. The third-order valence-electron chi connectivity index (χ3n) is 5.42. The van der Waals surface area contributed by atoms with Crippen LogP contribution >= 0.6 is 0 Å². The summed E-state index contributed by atoms with van der Waals surface area (Å²) in [5, 5.41) is 38.8. The fourth-order valence-electron chi connectivity index (χ4n) is 3.64. The Hall–Kier alpha value is -3.04. The number of H-pyrrole nitrogens is 1. The van der Waals surface area contributed by atoms with Crippen molar-refractivity contribution in [2.24, 2.45) is 10.2 Å². The summed E-state index contributed by atoms with van der Waals surface area (Å²) in [6, 6.07) is 4.82. The Bertz CT molecular complexity index is 1020. The lowest BCUT2D eigenvalue weighted by Gasteiger charge is -2.40. The molecule has 9 heteroatoms. The topological polar surface area (TPSA) is 109 Å². The van der Waals surface area contributed by atoms with Crippen LogP contribution in [0.1, 0.15) is 25.8 Å². The number of nitrogens with zero attached hydrogens (tertiary/aromatic N) is 4. The number of rotatable bonds is 3. The van der Waals surface area contributed by atoms with E-state index < -0.39 is 11.5 Å². The molecule has 1 aromatic heterocycles. The number of hydrogen-bond acceptors (Lipinski definition) is 7. The Kier molecular flexibility index (Phi) is 5.40. The van der Waals surface area contributed by atoms with Crippen LogP contribution in [-0.4, -0.2) is 68.1 Å². The number of aromatic amines is 1. The SMILES string of the molecule is CC(C)(O)C1CN(C2=NN=C(c3ccc(-c4cn[nH]c4F)cc3O)C=CC2)CCN1. The van der Waals surface area contributed by atoms with Crippen LogP contribution in [0.2, 0.25) is 0 Å². The lowest BCUT2D eigenvalue weighted by Crippen LogP contribution is -2.60. The Labute approximate surface area is 173 Å². The molecular weight excluding hydrogens is 387 g/mol. The number of nitrogens with one attached hydrogen (secondary N) is 2. The molecule has 0 radical (unpaired) electrons. The Balaban J connectivity index is 1.57. The number of amidine groups is 1. The molecule has 0 bridgehead atoms. The molecule has 0 saturated carbocycles. The van der Waals surface area contributed by atoms with Crippen LogP contribution in [0.3, 0.4) is 0 Å². The number of benzene rings is 1. The predicted molar refractivity (Wildman–Crippen MR) is 113 cm³/mol. The van der Waals surface area contributed by atoms with Gasteiger partial charge in [0.1, 0.15) is 11.6 Å². The summed E-state index contributed by atoms with van der Waals surface area (Å²) < 4.78 is 13.7. The molecule has 2 aliphatic rings. The maximum absolute atomic E-state index is 13.7. The highest BCUT2D eigenvalue weighted by atomic mass is 19.1. The number of phenols is 1. The van der Waals surface area contributed by atoms with E-state index in [0.29, 0.717) is 29.8 Å². The molecule has 0 spiro atoms. The van der Waals surface area contributed by atoms with E-state index in [2.05, 4.69) is 30.6 Å². The third kappa shape index (κ3) is 4.12. The molecule has 1 aromatic carbocycles. The van der Waals surface area contributed by atoms with Gasteiger partial charge in [-0.3, -0.25) is 5.10 Å². The molecular formula is C21H25FN6O2. The minimum Gasteiger partial charge on any atom is -0.507 e. The van der Waals surface area contributed by atoms with Gasteiger partial charge >= 0.3 is 0 Å². The van der Waals surface area contributed by atoms with Crippen LogP contribution in [0.5, 0.6) is 5.75 Å². The van der Waals surface area contributed by atoms with Crippen molar-refractivity contribution in [1.82, 2.24) is 20.4 Å². The Morgan fingerprint density at radius 1 is 1.23 bits per heavy atom. The van der Waals surface area contributed by atoms with Crippen LogP contribution in [0, 0.1) is 5.95 Å². The number of halogens is 1. The van der Waals surface area contributed by atoms with Gasteiger partial charge in [0.05, 0.1) is 29.1 Å². The van der Waals surface area contributed by atoms with Crippen LogP contribution in [0.25, 0.3) is 11.1 Å². The maximum atomic E-state index is 13.7. The molecule has 1 atom stereocenters. The largest absolute Gasteiger partial charge is 0.507 e. The van der Waals surface area contributed by atoms with E-state index in [-0.39, 0.29) is 17.4 Å². The standard InChI is InChI=1S/C21H25FN6O2/c1-21(2,30)18-12-28(9-8-23-18)19-5-3-4-16(25-26-19)14-7-6-13(10-17(14)29)15-11-24-27-20(15)22/h3-4,6-7,10-11,18,23,29-30H,5,8-9,12H2,1-2H3,(H,24,27). The van der Waals surface area contributed by atoms with Gasteiger partial charge in [-0.05, 0) is 37.6 Å². The number of hydrogen-bond donors (Lipinski definition) is 4. The number of aromatic nitrogens is 2. The third-order valence-corrected chi connectivity index (χ3v) is 5.42. The summed E-state index contributed by atoms with van der Waals surface area (Å²) in [5.74, 6) is 0.247. The lowest BCUT2D eigenvalue weighted by molar-refractivity contribution is 0.0202. The second kappa shape index (κ2) is 8.00. The molecule has 4 rings (SSSR count). The number of aliphatic hydroxyl groups is 1. The summed E-state index contributed by atoms with van der Waals surface area (Å²) >= 11 is 0. The highest BCUT2D eigenvalue weighted by Crippen LogP contribution is 2.28. The van der Waals surface area contributed by atoms with Crippen LogP contribution < -0.4 is 5.32 Å². The summed E-state index contributed by atoms with van der Waals surface area (Å²) in [7, 11) is 0. The van der Waals surface area contributed by atoms with Crippen LogP contribution in [-0.2, 0) is 0 Å². The van der Waals surface area contributed by atoms with E-state index in [1.54, 1.807) is 26.0 Å². The highest BCUT2D eigenvalue weighted by molar-refractivity contribution is 6.11. The summed E-state index contributed by atoms with van der Waals surface area (Å²) in [4.78, 5) is 2.13. The minimum atomic E-state index is -0.837. The first-order valence-corrected chi connectivity index (χ1v) is 9.87. The van der Waals surface area contributed by atoms with E-state index in [1.165, 1.54) is 12.3 Å². The van der Waals surface area contributed by atoms with Crippen molar-refractivity contribution in [3.05, 3.63) is 48.1 Å². The second-order valence-corrected chi connectivity index (χ2v) is 8.04. The zero-order valence-electron chi connectivity index (χ0n) is 16.9. The van der Waals surface area contributed by atoms with Gasteiger partial charge in [0.2, 0.25) is 5.95 Å². The van der Waals surface area contributed by atoms with E-state index in [1.807, 2.05) is 12.2 Å². The summed E-state index contributed by atoms with van der Waals surface area (Å²) in [6.45, 7) is 5.75. The average molecular weight is 412 g/mol. The quantitative estimate of drug-likeness (QED) is 0.617. The Morgan fingerprint density at radius 3 is 2.77 bits per heavy atom. The van der Waals surface area contributed by atoms with Gasteiger partial charge in [-0.15, -0.1) is 10.2 Å². The molecule has 30 heavy (non-hydrogen) atoms. The molecule has 2 aromatic rings. The lowest BCUT2D eigenvalue weighted by atomic mass is 9.96. The first kappa shape index (κ1) is 20.2. The molecule has 1 unspecified atom stereocenters. The van der Waals surface area contributed by atoms with Crippen LogP contribution in [0.4, 0.5) is 4.39 Å². The van der Waals surface area contributed by atoms with Gasteiger partial charge in [-0.25, -0.2) is 0 Å². The predicted octanol–water partition coefficient (Wildman–Crippen LogP) is 2.03. The van der Waals surface area contributed by atoms with Gasteiger partial charge in [0.25, 0.3) is 0 Å². The molecule has 1 saturated heterocycles. The fraction of sp³-hybridized carbons (Fsp3) is 0.381. The zero-order chi connectivity index (χ0) is 21.3. The maximum Gasteiger partial charge on any atom is 0.216 e. The highest BCUT2D eigenvalue weighted by Gasteiger charge is 2.32. The van der Waals surface area contributed by atoms with E-state index in [9.17, 15) is 14.6 Å². The van der Waals surface area contributed by atoms with Gasteiger partial charge in [0, 0.05) is 31.6 Å². The number of phenolic OH excluding ortho intramolecular Hbond substituents is 1. The smallest absolute Gasteiger partial charge is 0.216 e. The van der Waals surface area contributed by atoms with E-state index in [4.69, 9.17) is 0 Å². The summed E-state index contributed by atoms with van der Waals surface area (Å²) in [5.41, 5.74) is 1.00. The van der Waals surface area contributed by atoms with Crippen molar-refractivity contribution in [3.63, 3.8) is 0 Å². The molecule has 3 heterocycles. The molecule has 158 valence electrons. The van der Waals surface area contributed by atoms with Crippen molar-refractivity contribution in [3.8, 4) is 16.9 Å². The van der Waals surface area contributed by atoms with E-state index in [0.717, 1.165) is 18.9 Å². The molecule has 1 fully saturated rings. The van der Waals surface area contributed by atoms with Gasteiger partial charge < -0.3 is 20.4 Å². The van der Waals surface area contributed by atoms with Crippen molar-refractivity contribution in [1.29, 1.82) is 0 Å². The first-order valence-electron chi connectivity index (χ1n) is 9.87. The molecule has 0 aliphatic carbocycles. The zero-order valence-corrected chi connectivity index (χ0v) is 16.9. The normalized spacial score (nSPS) is 20.0. The molecule has 4 N–H and O–H groups in total. The fourth-order valence-corrected chi connectivity index (χ4v) is 3.64. The minimum absolute atomic E-state index is 0.0144. The second-order valence-electron chi connectivity index (χ2n) is 8.04. The summed E-state index contributed by atoms with van der Waals surface area (Å²) in [6.07, 6.45) is 5.75. The van der Waals surface area contributed by atoms with Crippen molar-refractivity contribution in [2.75, 3.05) is 19.6 Å². The van der Waals surface area contributed by atoms with Crippen molar-refractivity contribution >= 4 is 11.5 Å². The van der Waals surface area contributed by atoms with Crippen molar-refractivity contribution < 1.29 is 14.6 Å². The van der Waals surface area contributed by atoms with Gasteiger partial charge in [-0.1, -0.05) is 12.1 Å². The van der Waals surface area contributed by atoms with Gasteiger partial charge in [-0.2, -0.15) is 9.49 Å². The molecule has 2 aliphatic heterocycles. The monoisotopic (exact) mass is 412 g/mol. The number of allylic oxidation sites excluding steroid dienone is 1. The first-order chi connectivity index (χ1) is 14.3. The van der Waals surface area contributed by atoms with Gasteiger partial charge in [0.15, 0.2) is 0 Å². The van der Waals surface area contributed by atoms with E-state index >= 15 is 0 Å². The van der Waals surface area contributed by atoms with Crippen molar-refractivity contribution in [2.45, 2.75) is 31.9 Å². The molecule has 8 nitrogen and oxygen atoms in total.